The number of anilines is 1. The highest BCUT2D eigenvalue weighted by molar-refractivity contribution is 6.28. The van der Waals surface area contributed by atoms with Gasteiger partial charge >= 0.3 is 6.03 Å². The molecule has 0 radical (unpaired) electrons. The maximum Gasteiger partial charge on any atom is 0.452 e. The van der Waals surface area contributed by atoms with Crippen molar-refractivity contribution in [3.63, 3.8) is 0 Å². The van der Waals surface area contributed by atoms with Crippen molar-refractivity contribution < 1.29 is 32.2 Å². The lowest BCUT2D eigenvalue weighted by atomic mass is 9.93. The number of aromatic nitrogens is 2. The number of ketones is 1. The quantitative estimate of drug-likeness (QED) is 0.412. The van der Waals surface area contributed by atoms with Crippen LogP contribution in [0.25, 0.3) is 0 Å². The van der Waals surface area contributed by atoms with E-state index >= 15 is 0 Å². The van der Waals surface area contributed by atoms with E-state index in [1.165, 1.54) is 19.2 Å². The zero-order chi connectivity index (χ0) is 26.2. The highest BCUT2D eigenvalue weighted by atomic mass is 35.5. The van der Waals surface area contributed by atoms with E-state index in [9.17, 15) is 22.8 Å². The Labute approximate surface area is 211 Å². The summed E-state index contributed by atoms with van der Waals surface area (Å²) < 4.78 is 40.8. The fraction of sp³-hybridized carbons (Fsp3) is 0.500. The van der Waals surface area contributed by atoms with Crippen LogP contribution in [-0.2, 0) is 22.7 Å². The number of carbonyl (C=O) groups excluding carboxylic acids is 2. The summed E-state index contributed by atoms with van der Waals surface area (Å²) in [5.74, 6) is -0.661. The first kappa shape index (κ1) is 26.3. The number of nitrogens with zero attached hydrogens (tertiary/aromatic N) is 4. The minimum atomic E-state index is -2.94. The van der Waals surface area contributed by atoms with E-state index in [4.69, 9.17) is 16.4 Å². The molecule has 36 heavy (non-hydrogen) atoms. The van der Waals surface area contributed by atoms with Crippen molar-refractivity contribution in [1.82, 2.24) is 14.9 Å². The Kier molecular flexibility index (Phi) is 7.53. The van der Waals surface area contributed by atoms with Crippen molar-refractivity contribution in [2.75, 3.05) is 25.5 Å². The third-order valence-electron chi connectivity index (χ3n) is 7.09. The zero-order valence-corrected chi connectivity index (χ0v) is 21.0. The van der Waals surface area contributed by atoms with E-state index in [-0.39, 0.29) is 46.3 Å². The van der Waals surface area contributed by atoms with Crippen LogP contribution in [0.4, 0.5) is 23.8 Å². The third kappa shape index (κ3) is 4.91. The van der Waals surface area contributed by atoms with E-state index in [1.807, 2.05) is 0 Å². The van der Waals surface area contributed by atoms with Gasteiger partial charge in [-0.25, -0.2) is 27.9 Å². The highest BCUT2D eigenvalue weighted by Gasteiger charge is 2.48. The van der Waals surface area contributed by atoms with Crippen LogP contribution in [0.3, 0.4) is 0 Å². The second-order valence-corrected chi connectivity index (χ2v) is 9.56. The predicted molar refractivity (Wildman–Crippen MR) is 125 cm³/mol. The maximum atomic E-state index is 14.7. The van der Waals surface area contributed by atoms with Gasteiger partial charge in [-0.2, -0.15) is 4.84 Å². The number of fused-ring (bicyclic) bond motifs is 1. The molecule has 1 aromatic heterocycles. The van der Waals surface area contributed by atoms with E-state index in [2.05, 4.69) is 15.3 Å². The van der Waals surface area contributed by atoms with Gasteiger partial charge in [-0.15, -0.1) is 0 Å². The maximum absolute atomic E-state index is 14.7. The van der Waals surface area contributed by atoms with Crippen molar-refractivity contribution in [2.45, 2.75) is 52.2 Å². The molecule has 1 atom stereocenters. The number of urea groups is 1. The van der Waals surface area contributed by atoms with Crippen LogP contribution >= 0.6 is 11.6 Å². The topological polar surface area (TPSA) is 84.4 Å². The number of benzene rings is 1. The number of likely N-dealkylation sites (tertiary alicyclic amines) is 1. The smallest absolute Gasteiger partial charge is 0.363 e. The lowest BCUT2D eigenvalue weighted by Crippen LogP contribution is -2.60. The summed E-state index contributed by atoms with van der Waals surface area (Å²) in [6.45, 7) is 4.28. The summed E-state index contributed by atoms with van der Waals surface area (Å²) in [6.07, 6.45) is -1.84. The number of amides is 2. The molecule has 0 aliphatic carbocycles. The number of carbonyl (C=O) groups is 2. The number of hydroxylamine groups is 3. The zero-order valence-electron chi connectivity index (χ0n) is 20.2. The fourth-order valence-electron chi connectivity index (χ4n) is 4.93. The molecule has 1 N–H and O–H groups in total. The molecule has 8 nitrogen and oxygen atoms in total. The van der Waals surface area contributed by atoms with Gasteiger partial charge in [0.05, 0.1) is 37.5 Å². The molecule has 0 spiro atoms. The largest absolute Gasteiger partial charge is 0.452 e. The first-order valence-electron chi connectivity index (χ1n) is 11.7. The van der Waals surface area contributed by atoms with Gasteiger partial charge in [-0.1, -0.05) is 22.8 Å². The molecule has 12 heteroatoms. The predicted octanol–water partition coefficient (Wildman–Crippen LogP) is 5.19. The Balaban J connectivity index is 1.55. The van der Waals surface area contributed by atoms with Crippen LogP contribution in [0.15, 0.2) is 18.2 Å². The average molecular weight is 527 g/mol. The standard InChI is InChI=1S/C24H28ClF3N5O3/c1-13(16-5-4-6-17(20(16)26)21(27)28)29-22-18-11-32(12-19(18)30-23(25)31-22)24(35)33(36-3)9-7-15(8-10-33)14(2)34/h4-6,13,15,21H,7-12H2,1-3H3,(H,29,30,31)/q+1/t13-,15?,33?/m1/s1. The number of piperidine rings is 1. The summed E-state index contributed by atoms with van der Waals surface area (Å²) in [7, 11) is 1.47. The highest BCUT2D eigenvalue weighted by Crippen LogP contribution is 2.35. The molecular weight excluding hydrogens is 499 g/mol. The lowest BCUT2D eigenvalue weighted by molar-refractivity contribution is -1.04. The molecule has 2 aliphatic rings. The number of halogens is 4. The summed E-state index contributed by atoms with van der Waals surface area (Å²) in [5.41, 5.74) is 0.524. The van der Waals surface area contributed by atoms with Crippen LogP contribution < -0.4 is 5.32 Å². The van der Waals surface area contributed by atoms with Gasteiger partial charge in [0.2, 0.25) is 5.28 Å². The minimum absolute atomic E-state index is 0.0550. The Morgan fingerprint density at radius 1 is 1.19 bits per heavy atom. The van der Waals surface area contributed by atoms with Crippen molar-refractivity contribution >= 4 is 29.2 Å². The van der Waals surface area contributed by atoms with Crippen LogP contribution in [0.1, 0.15) is 61.5 Å². The van der Waals surface area contributed by atoms with Crippen LogP contribution in [0.2, 0.25) is 5.28 Å². The normalized spacial score (nSPS) is 22.4. The van der Waals surface area contributed by atoms with Crippen LogP contribution in [0, 0.1) is 11.7 Å². The Bertz CT molecular complexity index is 1170. The van der Waals surface area contributed by atoms with Gasteiger partial charge < -0.3 is 5.32 Å². The molecule has 2 aliphatic heterocycles. The second-order valence-electron chi connectivity index (χ2n) is 9.23. The van der Waals surface area contributed by atoms with Crippen LogP contribution in [0.5, 0.6) is 0 Å². The number of nitrogens with one attached hydrogen (secondary N) is 1. The first-order valence-corrected chi connectivity index (χ1v) is 12.0. The van der Waals surface area contributed by atoms with Crippen molar-refractivity contribution in [1.29, 1.82) is 0 Å². The molecule has 4 rings (SSSR count). The molecule has 2 amide bonds. The van der Waals surface area contributed by atoms with E-state index in [0.29, 0.717) is 43.0 Å². The summed E-state index contributed by atoms with van der Waals surface area (Å²) in [5, 5.41) is 3.00. The van der Waals surface area contributed by atoms with Crippen molar-refractivity contribution in [3.05, 3.63) is 51.7 Å². The SMILES string of the molecule is CO[N+]1(C(=O)N2Cc3nc(Cl)nc(N[C@H](C)c4cccc(C(F)F)c4F)c3C2)CCC(C(C)=O)CC1. The average Bonchev–Trinajstić information content (AvgIpc) is 3.27. The third-order valence-corrected chi connectivity index (χ3v) is 7.26. The van der Waals surface area contributed by atoms with Crippen LogP contribution in [-0.4, -0.2) is 51.5 Å². The number of hydrogen-bond donors (Lipinski definition) is 1. The number of alkyl halides is 2. The molecule has 1 saturated heterocycles. The van der Waals surface area contributed by atoms with Gasteiger partial charge in [0.25, 0.3) is 6.43 Å². The second kappa shape index (κ2) is 10.3. The Morgan fingerprint density at radius 2 is 1.86 bits per heavy atom. The monoisotopic (exact) mass is 526 g/mol. The molecule has 194 valence electrons. The van der Waals surface area contributed by atoms with Crippen molar-refractivity contribution in [2.24, 2.45) is 5.92 Å². The summed E-state index contributed by atoms with van der Waals surface area (Å²) in [6, 6.07) is 2.87. The number of quaternary nitrogens is 1. The van der Waals surface area contributed by atoms with Gasteiger partial charge in [-0.05, 0) is 25.4 Å². The molecule has 1 aromatic carbocycles. The van der Waals surface area contributed by atoms with Gasteiger partial charge in [0.15, 0.2) is 0 Å². The molecular formula is C24H28ClF3N5O3+. The molecule has 1 fully saturated rings. The Morgan fingerprint density at radius 3 is 2.47 bits per heavy atom. The molecule has 0 bridgehead atoms. The Hall–Kier alpha value is -2.76. The molecule has 3 heterocycles. The fourth-order valence-corrected chi connectivity index (χ4v) is 5.12. The summed E-state index contributed by atoms with van der Waals surface area (Å²) >= 11 is 6.13. The lowest BCUT2D eigenvalue weighted by Gasteiger charge is -2.38. The number of Topliss-reactive ketones (excluding diaryl/α,β-unsaturated/α-hetero) is 1. The van der Waals surface area contributed by atoms with E-state index < -0.39 is 23.8 Å². The van der Waals surface area contributed by atoms with E-state index in [1.54, 1.807) is 18.7 Å². The molecule has 2 aromatic rings. The van der Waals surface area contributed by atoms with Gasteiger partial charge in [0, 0.05) is 29.9 Å². The minimum Gasteiger partial charge on any atom is -0.363 e. The van der Waals surface area contributed by atoms with Gasteiger partial charge in [-0.3, -0.25) is 9.69 Å². The number of hydrogen-bond acceptors (Lipinski definition) is 6. The van der Waals surface area contributed by atoms with Crippen molar-refractivity contribution in [3.8, 4) is 0 Å². The molecule has 0 saturated carbocycles. The number of rotatable bonds is 6. The van der Waals surface area contributed by atoms with E-state index in [0.717, 1.165) is 6.07 Å². The first-order chi connectivity index (χ1) is 17.1. The molecule has 0 unspecified atom stereocenters. The van der Waals surface area contributed by atoms with Gasteiger partial charge in [0.1, 0.15) is 30.5 Å². The summed E-state index contributed by atoms with van der Waals surface area (Å²) in [4.78, 5) is 41.1.